The number of carboxylic acid groups (broad SMARTS) is 1. The predicted octanol–water partition coefficient (Wildman–Crippen LogP) is 6.50. The van der Waals surface area contributed by atoms with E-state index in [1.54, 1.807) is 13.8 Å². The lowest BCUT2D eigenvalue weighted by atomic mass is 9.34. The minimum atomic E-state index is -1.16. The number of esters is 1. The van der Waals surface area contributed by atoms with Gasteiger partial charge in [0.2, 0.25) is 5.91 Å². The van der Waals surface area contributed by atoms with Gasteiger partial charge >= 0.3 is 11.9 Å². The molecule has 0 aromatic rings. The second kappa shape index (κ2) is 13.0. The molecule has 0 aromatic heterocycles. The number of ether oxygens (including phenoxy) is 1. The van der Waals surface area contributed by atoms with Crippen molar-refractivity contribution in [3.8, 4) is 0 Å². The molecular weight excluding hydrogens is 642 g/mol. The quantitative estimate of drug-likeness (QED) is 0.217. The van der Waals surface area contributed by atoms with Crippen LogP contribution < -0.4 is 5.32 Å². The summed E-state index contributed by atoms with van der Waals surface area (Å²) in [4.78, 5) is 57.2. The molecule has 1 unspecified atom stereocenters. The van der Waals surface area contributed by atoms with E-state index in [0.29, 0.717) is 30.6 Å². The standard InChI is InChI=1S/C42H67N3O6/c1-26(2)34-28(46)23-42(43-32(47)25-45-21-19-44(10)20-22-45)18-17-40(8)27(35(34)42)11-12-30-39(7)15-14-31(51-33(48)24-37(3,4)36(49)50)38(5,6)29(39)13-16-41(30,40)9/h26,29-31,34H,11-25H2,1-10H3,(H,43,47)(H,49,50)/t29-,30+,31-,34?,39-,40+,41+,42+/m0/s1. The number of Topliss-reactive ketones (excluding diaryl/α,β-unsaturated/α-hetero) is 1. The van der Waals surface area contributed by atoms with Crippen molar-refractivity contribution in [1.29, 1.82) is 0 Å². The Morgan fingerprint density at radius 2 is 1.61 bits per heavy atom. The van der Waals surface area contributed by atoms with E-state index < -0.39 is 22.9 Å². The predicted molar refractivity (Wildman–Crippen MR) is 198 cm³/mol. The number of carbonyl (C=O) groups is 4. The first-order valence-electron chi connectivity index (χ1n) is 20.0. The number of rotatable bonds is 8. The third kappa shape index (κ3) is 6.12. The van der Waals surface area contributed by atoms with Gasteiger partial charge in [0, 0.05) is 43.9 Å². The molecule has 0 radical (unpaired) electrons. The summed E-state index contributed by atoms with van der Waals surface area (Å²) in [6, 6.07) is 0. The van der Waals surface area contributed by atoms with Crippen molar-refractivity contribution in [2.45, 2.75) is 138 Å². The largest absolute Gasteiger partial charge is 0.481 e. The molecule has 1 saturated heterocycles. The highest BCUT2D eigenvalue weighted by molar-refractivity contribution is 5.93. The normalized spacial score (nSPS) is 39.9. The van der Waals surface area contributed by atoms with Crippen molar-refractivity contribution in [2.75, 3.05) is 39.8 Å². The molecule has 5 aliphatic carbocycles. The molecule has 6 rings (SSSR count). The van der Waals surface area contributed by atoms with E-state index >= 15 is 0 Å². The number of carboxylic acids is 1. The average Bonchev–Trinajstić information content (AvgIpc) is 3.31. The fraction of sp³-hybridized carbons (Fsp3) is 0.857. The SMILES string of the molecule is CC(C)C1C(=O)C[C@]2(NC(=O)CN3CCN(C)CC3)CC[C@]3(C)C(=C12)CC[C@@H]1[C@@]2(C)CC[C@H](OC(=O)CC(C)(C)C(=O)O)C(C)(C)[C@@H]2CC[C@]13C. The Kier molecular flexibility index (Phi) is 9.77. The van der Waals surface area contributed by atoms with Gasteiger partial charge < -0.3 is 20.1 Å². The monoisotopic (exact) mass is 710 g/mol. The number of aliphatic carboxylic acids is 1. The summed E-state index contributed by atoms with van der Waals surface area (Å²) in [6.45, 7) is 23.7. The minimum absolute atomic E-state index is 0.0348. The lowest BCUT2D eigenvalue weighted by Crippen LogP contribution is -2.65. The highest BCUT2D eigenvalue weighted by atomic mass is 16.5. The highest BCUT2D eigenvalue weighted by Crippen LogP contribution is 2.75. The van der Waals surface area contributed by atoms with Gasteiger partial charge in [0.05, 0.1) is 23.9 Å². The Labute approximate surface area is 307 Å². The topological polar surface area (TPSA) is 116 Å². The number of ketones is 1. The molecule has 1 heterocycles. The minimum Gasteiger partial charge on any atom is -0.481 e. The third-order valence-corrected chi connectivity index (χ3v) is 16.1. The molecule has 0 spiro atoms. The van der Waals surface area contributed by atoms with Crippen LogP contribution in [0.25, 0.3) is 0 Å². The highest BCUT2D eigenvalue weighted by Gasteiger charge is 2.69. The van der Waals surface area contributed by atoms with Crippen LogP contribution in [-0.2, 0) is 23.9 Å². The Hall–Kier alpha value is -2.26. The van der Waals surface area contributed by atoms with Gasteiger partial charge in [-0.15, -0.1) is 0 Å². The van der Waals surface area contributed by atoms with Gasteiger partial charge in [-0.1, -0.05) is 54.0 Å². The van der Waals surface area contributed by atoms with Crippen molar-refractivity contribution < 1.29 is 29.0 Å². The molecule has 1 amide bonds. The number of carbonyl (C=O) groups excluding carboxylic acids is 3. The van der Waals surface area contributed by atoms with Crippen LogP contribution in [0.3, 0.4) is 0 Å². The van der Waals surface area contributed by atoms with Crippen molar-refractivity contribution in [3.63, 3.8) is 0 Å². The number of hydrogen-bond donors (Lipinski definition) is 2. The van der Waals surface area contributed by atoms with E-state index in [1.165, 1.54) is 11.1 Å². The van der Waals surface area contributed by atoms with Gasteiger partial charge in [-0.05, 0) is 112 Å². The first kappa shape index (κ1) is 38.5. The lowest BCUT2D eigenvalue weighted by molar-refractivity contribution is -0.214. The zero-order valence-corrected chi connectivity index (χ0v) is 33.4. The summed E-state index contributed by atoms with van der Waals surface area (Å²) >= 11 is 0. The molecule has 9 nitrogen and oxygen atoms in total. The zero-order valence-electron chi connectivity index (χ0n) is 33.4. The Morgan fingerprint density at radius 1 is 0.941 bits per heavy atom. The third-order valence-electron chi connectivity index (χ3n) is 16.1. The molecule has 286 valence electrons. The fourth-order valence-corrected chi connectivity index (χ4v) is 13.0. The Balaban J connectivity index is 1.28. The number of amides is 1. The second-order valence-corrected chi connectivity index (χ2v) is 20.1. The first-order valence-corrected chi connectivity index (χ1v) is 20.0. The molecule has 9 heteroatoms. The van der Waals surface area contributed by atoms with E-state index in [1.807, 2.05) is 0 Å². The van der Waals surface area contributed by atoms with Crippen molar-refractivity contribution in [3.05, 3.63) is 11.1 Å². The van der Waals surface area contributed by atoms with Crippen LogP contribution in [0.4, 0.5) is 0 Å². The molecule has 51 heavy (non-hydrogen) atoms. The van der Waals surface area contributed by atoms with E-state index in [0.717, 1.165) is 77.5 Å². The van der Waals surface area contributed by atoms with E-state index in [2.05, 4.69) is 70.6 Å². The van der Waals surface area contributed by atoms with Crippen LogP contribution >= 0.6 is 0 Å². The number of piperazine rings is 1. The second-order valence-electron chi connectivity index (χ2n) is 20.1. The van der Waals surface area contributed by atoms with Crippen LogP contribution in [0, 0.1) is 50.7 Å². The van der Waals surface area contributed by atoms with Gasteiger partial charge in [0.1, 0.15) is 11.9 Å². The van der Waals surface area contributed by atoms with Crippen molar-refractivity contribution >= 4 is 23.6 Å². The number of fused-ring (bicyclic) bond motifs is 6. The maximum atomic E-state index is 14.0. The smallest absolute Gasteiger partial charge is 0.309 e. The van der Waals surface area contributed by atoms with Crippen LogP contribution in [-0.4, -0.2) is 89.9 Å². The molecule has 1 aliphatic heterocycles. The van der Waals surface area contributed by atoms with E-state index in [4.69, 9.17) is 4.74 Å². The van der Waals surface area contributed by atoms with Crippen LogP contribution in [0.1, 0.15) is 127 Å². The number of hydrogen-bond acceptors (Lipinski definition) is 7. The van der Waals surface area contributed by atoms with Crippen LogP contribution in [0.5, 0.6) is 0 Å². The molecule has 6 aliphatic rings. The Bertz CT molecular complexity index is 1480. The summed E-state index contributed by atoms with van der Waals surface area (Å²) in [7, 11) is 2.13. The van der Waals surface area contributed by atoms with Crippen molar-refractivity contribution in [1.82, 2.24) is 15.1 Å². The lowest BCUT2D eigenvalue weighted by Gasteiger charge is -2.70. The van der Waals surface area contributed by atoms with Crippen LogP contribution in [0.15, 0.2) is 11.1 Å². The fourth-order valence-electron chi connectivity index (χ4n) is 13.0. The summed E-state index contributed by atoms with van der Waals surface area (Å²) in [6.07, 6.45) is 7.72. The molecule has 8 atom stereocenters. The Morgan fingerprint density at radius 3 is 2.24 bits per heavy atom. The molecule has 0 aromatic carbocycles. The number of allylic oxidation sites excluding steroid dienone is 1. The number of nitrogens with one attached hydrogen (secondary N) is 1. The molecule has 5 fully saturated rings. The van der Waals surface area contributed by atoms with E-state index in [-0.39, 0.29) is 51.9 Å². The average molecular weight is 710 g/mol. The zero-order chi connectivity index (χ0) is 37.5. The summed E-state index contributed by atoms with van der Waals surface area (Å²) < 4.78 is 6.16. The van der Waals surface area contributed by atoms with Crippen LogP contribution in [0.2, 0.25) is 0 Å². The summed E-state index contributed by atoms with van der Waals surface area (Å²) in [5.41, 5.74) is 0.793. The first-order chi connectivity index (χ1) is 23.6. The maximum absolute atomic E-state index is 14.0. The van der Waals surface area contributed by atoms with Gasteiger partial charge in [-0.3, -0.25) is 24.1 Å². The maximum Gasteiger partial charge on any atom is 0.309 e. The van der Waals surface area contributed by atoms with Gasteiger partial charge in [0.15, 0.2) is 0 Å². The van der Waals surface area contributed by atoms with Crippen molar-refractivity contribution in [2.24, 2.45) is 50.7 Å². The summed E-state index contributed by atoms with van der Waals surface area (Å²) in [5, 5.41) is 13.2. The molecule has 2 N–H and O–H groups in total. The van der Waals surface area contributed by atoms with E-state index in [9.17, 15) is 24.3 Å². The summed E-state index contributed by atoms with van der Waals surface area (Å²) in [5.74, 6) is -0.182. The van der Waals surface area contributed by atoms with Gasteiger partial charge in [-0.2, -0.15) is 0 Å². The van der Waals surface area contributed by atoms with Gasteiger partial charge in [-0.25, -0.2) is 0 Å². The molecule has 0 bridgehead atoms. The number of likely N-dealkylation sites (N-methyl/N-ethyl adjacent to an activating group) is 1. The van der Waals surface area contributed by atoms with Gasteiger partial charge in [0.25, 0.3) is 0 Å². The number of nitrogens with zero attached hydrogens (tertiary/aromatic N) is 2. The molecular formula is C42H67N3O6. The molecule has 4 saturated carbocycles.